The summed E-state index contributed by atoms with van der Waals surface area (Å²) >= 11 is 0. The normalized spacial score (nSPS) is 26.3. The first kappa shape index (κ1) is 14.2. The summed E-state index contributed by atoms with van der Waals surface area (Å²) < 4.78 is 5.46. The molecule has 2 aliphatic rings. The summed E-state index contributed by atoms with van der Waals surface area (Å²) in [5.41, 5.74) is 0.254. The van der Waals surface area contributed by atoms with E-state index in [1.165, 1.54) is 0 Å². The van der Waals surface area contributed by atoms with Gasteiger partial charge in [0.1, 0.15) is 5.76 Å². The fourth-order valence-electron chi connectivity index (χ4n) is 3.79. The molecule has 0 unspecified atom stereocenters. The number of rotatable bonds is 3. The van der Waals surface area contributed by atoms with Crippen molar-refractivity contribution in [1.82, 2.24) is 14.9 Å². The van der Waals surface area contributed by atoms with Gasteiger partial charge in [0.05, 0.1) is 0 Å². The molecule has 1 saturated heterocycles. The van der Waals surface area contributed by atoms with Crippen LogP contribution in [0.3, 0.4) is 0 Å². The van der Waals surface area contributed by atoms with Crippen molar-refractivity contribution < 1.29 is 9.21 Å². The van der Waals surface area contributed by atoms with Gasteiger partial charge in [-0.2, -0.15) is 0 Å². The van der Waals surface area contributed by atoms with Gasteiger partial charge in [0.15, 0.2) is 5.76 Å². The highest BCUT2D eigenvalue weighted by Gasteiger charge is 2.49. The van der Waals surface area contributed by atoms with E-state index in [2.05, 4.69) is 15.3 Å². The average molecular weight is 312 g/mol. The zero-order valence-corrected chi connectivity index (χ0v) is 13.2. The van der Waals surface area contributed by atoms with Gasteiger partial charge in [-0.15, -0.1) is 0 Å². The first-order chi connectivity index (χ1) is 11.1. The van der Waals surface area contributed by atoms with Gasteiger partial charge in [0, 0.05) is 31.5 Å². The number of aromatic nitrogens is 2. The van der Waals surface area contributed by atoms with Crippen LogP contribution in [-0.2, 0) is 0 Å². The Morgan fingerprint density at radius 3 is 2.83 bits per heavy atom. The van der Waals surface area contributed by atoms with E-state index >= 15 is 0 Å². The van der Waals surface area contributed by atoms with Crippen LogP contribution in [0, 0.1) is 12.3 Å². The van der Waals surface area contributed by atoms with E-state index < -0.39 is 0 Å². The van der Waals surface area contributed by atoms with Crippen molar-refractivity contribution >= 4 is 11.9 Å². The van der Waals surface area contributed by atoms with Crippen LogP contribution >= 0.6 is 0 Å². The third-order valence-corrected chi connectivity index (χ3v) is 4.93. The van der Waals surface area contributed by atoms with E-state index in [0.29, 0.717) is 17.8 Å². The summed E-state index contributed by atoms with van der Waals surface area (Å²) in [7, 11) is 0. The minimum absolute atomic E-state index is 0.0118. The zero-order chi connectivity index (χ0) is 15.9. The predicted octanol–water partition coefficient (Wildman–Crippen LogP) is 2.48. The SMILES string of the molecule is Cc1ccc(C(=O)N2CCC3(CC(Nc4ncccn4)C3)C2)o1. The molecule has 0 radical (unpaired) electrons. The lowest BCUT2D eigenvalue weighted by Crippen LogP contribution is -2.47. The molecular formula is C17H20N4O2. The highest BCUT2D eigenvalue weighted by Crippen LogP contribution is 2.49. The third kappa shape index (κ3) is 2.69. The quantitative estimate of drug-likeness (QED) is 0.943. The molecule has 0 atom stereocenters. The molecule has 120 valence electrons. The van der Waals surface area contributed by atoms with Crippen molar-refractivity contribution in [2.24, 2.45) is 5.41 Å². The monoisotopic (exact) mass is 312 g/mol. The van der Waals surface area contributed by atoms with Crippen LogP contribution in [0.15, 0.2) is 35.0 Å². The number of likely N-dealkylation sites (tertiary alicyclic amines) is 1. The minimum Gasteiger partial charge on any atom is -0.456 e. The number of aryl methyl sites for hydroxylation is 1. The lowest BCUT2D eigenvalue weighted by Gasteiger charge is -2.45. The van der Waals surface area contributed by atoms with Crippen LogP contribution in [0.2, 0.25) is 0 Å². The van der Waals surface area contributed by atoms with Gasteiger partial charge < -0.3 is 14.6 Å². The molecule has 2 fully saturated rings. The lowest BCUT2D eigenvalue weighted by atomic mass is 9.65. The molecule has 2 aromatic heterocycles. The molecule has 1 saturated carbocycles. The van der Waals surface area contributed by atoms with Crippen molar-refractivity contribution in [3.8, 4) is 0 Å². The molecule has 1 N–H and O–H groups in total. The molecule has 1 amide bonds. The molecule has 23 heavy (non-hydrogen) atoms. The van der Waals surface area contributed by atoms with Crippen LogP contribution in [0.25, 0.3) is 0 Å². The van der Waals surface area contributed by atoms with Gasteiger partial charge in [0.2, 0.25) is 5.95 Å². The van der Waals surface area contributed by atoms with Crippen LogP contribution in [0.5, 0.6) is 0 Å². The largest absolute Gasteiger partial charge is 0.456 e. The number of hydrogen-bond donors (Lipinski definition) is 1. The second-order valence-corrected chi connectivity index (χ2v) is 6.71. The van der Waals surface area contributed by atoms with E-state index in [0.717, 1.165) is 38.1 Å². The summed E-state index contributed by atoms with van der Waals surface area (Å²) in [6.45, 7) is 3.49. The summed E-state index contributed by atoms with van der Waals surface area (Å²) in [6.07, 6.45) is 6.67. The number of nitrogens with zero attached hydrogens (tertiary/aromatic N) is 3. The number of carbonyl (C=O) groups excluding carboxylic acids is 1. The Balaban J connectivity index is 1.34. The average Bonchev–Trinajstić information content (AvgIpc) is 3.14. The van der Waals surface area contributed by atoms with Crippen molar-refractivity contribution in [3.05, 3.63) is 42.1 Å². The highest BCUT2D eigenvalue weighted by molar-refractivity contribution is 5.91. The second-order valence-electron chi connectivity index (χ2n) is 6.71. The Bertz CT molecular complexity index is 706. The summed E-state index contributed by atoms with van der Waals surface area (Å²) in [4.78, 5) is 22.8. The van der Waals surface area contributed by atoms with E-state index in [9.17, 15) is 4.79 Å². The van der Waals surface area contributed by atoms with Crippen molar-refractivity contribution in [3.63, 3.8) is 0 Å². The van der Waals surface area contributed by atoms with Gasteiger partial charge in [0.25, 0.3) is 5.91 Å². The molecule has 1 aliphatic heterocycles. The van der Waals surface area contributed by atoms with Crippen molar-refractivity contribution in [2.75, 3.05) is 18.4 Å². The molecular weight excluding hydrogens is 292 g/mol. The predicted molar refractivity (Wildman–Crippen MR) is 85.1 cm³/mol. The molecule has 1 aliphatic carbocycles. The Hall–Kier alpha value is -2.37. The topological polar surface area (TPSA) is 71.3 Å². The van der Waals surface area contributed by atoms with Gasteiger partial charge in [-0.05, 0) is 49.8 Å². The van der Waals surface area contributed by atoms with Gasteiger partial charge >= 0.3 is 0 Å². The minimum atomic E-state index is 0.0118. The Morgan fingerprint density at radius 1 is 1.35 bits per heavy atom. The van der Waals surface area contributed by atoms with Crippen molar-refractivity contribution in [1.29, 1.82) is 0 Å². The summed E-state index contributed by atoms with van der Waals surface area (Å²) in [5, 5.41) is 3.36. The van der Waals surface area contributed by atoms with E-state index in [1.807, 2.05) is 24.0 Å². The lowest BCUT2D eigenvalue weighted by molar-refractivity contribution is 0.0685. The Morgan fingerprint density at radius 2 is 2.13 bits per heavy atom. The molecule has 1 spiro atoms. The maximum Gasteiger partial charge on any atom is 0.289 e. The van der Waals surface area contributed by atoms with Crippen LogP contribution in [0.1, 0.15) is 35.6 Å². The van der Waals surface area contributed by atoms with Crippen LogP contribution in [-0.4, -0.2) is 39.9 Å². The third-order valence-electron chi connectivity index (χ3n) is 4.93. The first-order valence-corrected chi connectivity index (χ1v) is 8.03. The number of furan rings is 1. The molecule has 0 aromatic carbocycles. The first-order valence-electron chi connectivity index (χ1n) is 8.03. The second kappa shape index (κ2) is 5.37. The number of hydrogen-bond acceptors (Lipinski definition) is 5. The van der Waals surface area contributed by atoms with Crippen LogP contribution < -0.4 is 5.32 Å². The molecule has 0 bridgehead atoms. The Labute approximate surface area is 134 Å². The van der Waals surface area contributed by atoms with Crippen LogP contribution in [0.4, 0.5) is 5.95 Å². The molecule has 6 nitrogen and oxygen atoms in total. The maximum atomic E-state index is 12.5. The molecule has 2 aromatic rings. The standard InChI is InChI=1S/C17H20N4O2/c1-12-3-4-14(23-12)15(22)21-8-5-17(11-21)9-13(10-17)20-16-18-6-2-7-19-16/h2-4,6-7,13H,5,8-11H2,1H3,(H,18,19,20). The highest BCUT2D eigenvalue weighted by atomic mass is 16.3. The summed E-state index contributed by atoms with van der Waals surface area (Å²) in [6, 6.07) is 5.81. The molecule has 3 heterocycles. The van der Waals surface area contributed by atoms with Gasteiger partial charge in [-0.1, -0.05) is 0 Å². The van der Waals surface area contributed by atoms with Crippen molar-refractivity contribution in [2.45, 2.75) is 32.2 Å². The fraction of sp³-hybridized carbons (Fsp3) is 0.471. The van der Waals surface area contributed by atoms with E-state index in [1.54, 1.807) is 18.5 Å². The summed E-state index contributed by atoms with van der Waals surface area (Å²) in [5.74, 6) is 1.92. The molecule has 6 heteroatoms. The smallest absolute Gasteiger partial charge is 0.289 e. The van der Waals surface area contributed by atoms with E-state index in [-0.39, 0.29) is 11.3 Å². The van der Waals surface area contributed by atoms with Gasteiger partial charge in [-0.25, -0.2) is 9.97 Å². The maximum absolute atomic E-state index is 12.5. The number of nitrogens with one attached hydrogen (secondary N) is 1. The fourth-order valence-corrected chi connectivity index (χ4v) is 3.79. The number of amides is 1. The molecule has 4 rings (SSSR count). The Kier molecular flexibility index (Phi) is 3.32. The number of anilines is 1. The van der Waals surface area contributed by atoms with E-state index in [4.69, 9.17) is 4.42 Å². The van der Waals surface area contributed by atoms with Gasteiger partial charge in [-0.3, -0.25) is 4.79 Å². The number of carbonyl (C=O) groups is 1. The zero-order valence-electron chi connectivity index (χ0n) is 13.2.